The van der Waals surface area contributed by atoms with Crippen LogP contribution in [0.3, 0.4) is 0 Å². The van der Waals surface area contributed by atoms with Crippen molar-refractivity contribution >= 4 is 11.9 Å². The van der Waals surface area contributed by atoms with E-state index in [0.29, 0.717) is 18.2 Å². The number of carbonyl (C=O) groups excluding carboxylic acids is 1. The first-order valence-corrected chi connectivity index (χ1v) is 8.60. The normalized spacial score (nSPS) is 10.4. The third-order valence-corrected chi connectivity index (χ3v) is 3.69. The van der Waals surface area contributed by atoms with Gasteiger partial charge in [-0.25, -0.2) is 9.97 Å². The zero-order valence-corrected chi connectivity index (χ0v) is 14.5. The maximum absolute atomic E-state index is 12.3. The highest BCUT2D eigenvalue weighted by atomic mass is 16.1. The average Bonchev–Trinajstić information content (AvgIpc) is 2.59. The fourth-order valence-corrected chi connectivity index (χ4v) is 2.39. The van der Waals surface area contributed by atoms with Crippen LogP contribution in [0.5, 0.6) is 0 Å². The van der Waals surface area contributed by atoms with Gasteiger partial charge in [0.25, 0.3) is 5.91 Å². The first-order valence-electron chi connectivity index (χ1n) is 8.60. The van der Waals surface area contributed by atoms with Crippen LogP contribution < -0.4 is 10.6 Å². The summed E-state index contributed by atoms with van der Waals surface area (Å²) in [6.07, 6.45) is 4.22. The van der Waals surface area contributed by atoms with E-state index in [1.54, 1.807) is 6.07 Å². The summed E-state index contributed by atoms with van der Waals surface area (Å²) in [6.45, 7) is 5.46. The van der Waals surface area contributed by atoms with Crippen molar-refractivity contribution in [2.45, 2.75) is 39.5 Å². The Labute approximate surface area is 143 Å². The number of aromatic nitrogens is 2. The molecule has 0 saturated heterocycles. The van der Waals surface area contributed by atoms with Crippen molar-refractivity contribution in [1.29, 1.82) is 0 Å². The van der Waals surface area contributed by atoms with Gasteiger partial charge in [-0.2, -0.15) is 0 Å². The fourth-order valence-electron chi connectivity index (χ4n) is 2.39. The quantitative estimate of drug-likeness (QED) is 0.693. The zero-order valence-electron chi connectivity index (χ0n) is 14.5. The van der Waals surface area contributed by atoms with Gasteiger partial charge in [0.2, 0.25) is 5.95 Å². The van der Waals surface area contributed by atoms with Crippen molar-refractivity contribution in [2.24, 2.45) is 0 Å². The molecule has 1 aromatic carbocycles. The summed E-state index contributed by atoms with van der Waals surface area (Å²) in [6, 6.07) is 11.8. The van der Waals surface area contributed by atoms with E-state index in [-0.39, 0.29) is 5.91 Å². The van der Waals surface area contributed by atoms with Gasteiger partial charge in [0.05, 0.1) is 0 Å². The van der Waals surface area contributed by atoms with Crippen molar-refractivity contribution in [3.63, 3.8) is 0 Å². The van der Waals surface area contributed by atoms with Crippen LogP contribution in [0.1, 0.15) is 47.9 Å². The second-order valence-electron chi connectivity index (χ2n) is 5.84. The summed E-state index contributed by atoms with van der Waals surface area (Å²) in [5, 5.41) is 6.12. The maximum atomic E-state index is 12.3. The molecule has 2 rings (SSSR count). The van der Waals surface area contributed by atoms with Crippen LogP contribution in [0.15, 0.2) is 36.4 Å². The molecule has 128 valence electrons. The molecule has 0 unspecified atom stereocenters. The molecule has 0 aliphatic carbocycles. The molecule has 5 heteroatoms. The molecule has 2 N–H and O–H groups in total. The molecule has 5 nitrogen and oxygen atoms in total. The van der Waals surface area contributed by atoms with Crippen LogP contribution in [-0.4, -0.2) is 29.0 Å². The summed E-state index contributed by atoms with van der Waals surface area (Å²) >= 11 is 0. The molecule has 1 amide bonds. The van der Waals surface area contributed by atoms with Gasteiger partial charge in [-0.05, 0) is 31.4 Å². The monoisotopic (exact) mass is 326 g/mol. The Kier molecular flexibility index (Phi) is 7.21. The van der Waals surface area contributed by atoms with E-state index in [2.05, 4.69) is 39.7 Å². The Balaban J connectivity index is 1.87. The van der Waals surface area contributed by atoms with Crippen LogP contribution >= 0.6 is 0 Å². The molecule has 2 aromatic rings. The van der Waals surface area contributed by atoms with Crippen LogP contribution in [0.4, 0.5) is 5.95 Å². The van der Waals surface area contributed by atoms with Crippen LogP contribution in [0, 0.1) is 6.92 Å². The number of benzene rings is 1. The number of aryl methyl sites for hydroxylation is 1. The summed E-state index contributed by atoms with van der Waals surface area (Å²) in [5.41, 5.74) is 2.40. The molecule has 1 aromatic heterocycles. The van der Waals surface area contributed by atoms with Crippen molar-refractivity contribution in [2.75, 3.05) is 18.4 Å². The first kappa shape index (κ1) is 17.9. The van der Waals surface area contributed by atoms with Gasteiger partial charge in [-0.1, -0.05) is 50.1 Å². The Hall–Kier alpha value is -2.43. The number of rotatable bonds is 9. The highest BCUT2D eigenvalue weighted by Crippen LogP contribution is 2.06. The van der Waals surface area contributed by atoms with E-state index in [4.69, 9.17) is 0 Å². The number of nitrogens with zero attached hydrogens (tertiary/aromatic N) is 2. The third kappa shape index (κ3) is 5.99. The number of amides is 1. The second-order valence-corrected chi connectivity index (χ2v) is 5.84. The van der Waals surface area contributed by atoms with E-state index >= 15 is 0 Å². The lowest BCUT2D eigenvalue weighted by Gasteiger charge is -2.09. The highest BCUT2D eigenvalue weighted by molar-refractivity contribution is 5.92. The fraction of sp³-hybridized carbons (Fsp3) is 0.421. The predicted octanol–water partition coefficient (Wildman–Crippen LogP) is 3.36. The number of unbranched alkanes of at least 4 members (excludes halogenated alkanes) is 2. The highest BCUT2D eigenvalue weighted by Gasteiger charge is 2.10. The van der Waals surface area contributed by atoms with Crippen molar-refractivity contribution < 1.29 is 4.79 Å². The molecule has 0 radical (unpaired) electrons. The van der Waals surface area contributed by atoms with Crippen molar-refractivity contribution in [3.05, 3.63) is 53.3 Å². The molecular weight excluding hydrogens is 300 g/mol. The van der Waals surface area contributed by atoms with Crippen molar-refractivity contribution in [3.8, 4) is 0 Å². The Morgan fingerprint density at radius 3 is 2.62 bits per heavy atom. The molecule has 0 bridgehead atoms. The largest absolute Gasteiger partial charge is 0.354 e. The Bertz CT molecular complexity index is 643. The number of hydrogen-bond acceptors (Lipinski definition) is 4. The topological polar surface area (TPSA) is 66.9 Å². The lowest BCUT2D eigenvalue weighted by molar-refractivity contribution is 0.0949. The summed E-state index contributed by atoms with van der Waals surface area (Å²) in [4.78, 5) is 20.9. The van der Waals surface area contributed by atoms with Gasteiger partial charge in [0.1, 0.15) is 5.69 Å². The van der Waals surface area contributed by atoms with E-state index in [1.807, 2.05) is 25.1 Å². The lowest BCUT2D eigenvalue weighted by atomic mass is 10.1. The van der Waals surface area contributed by atoms with Crippen molar-refractivity contribution in [1.82, 2.24) is 15.3 Å². The Morgan fingerprint density at radius 2 is 1.88 bits per heavy atom. The number of nitrogens with one attached hydrogen (secondary N) is 2. The summed E-state index contributed by atoms with van der Waals surface area (Å²) in [5.74, 6) is 0.368. The van der Waals surface area contributed by atoms with Gasteiger partial charge in [-0.3, -0.25) is 4.79 Å². The Morgan fingerprint density at radius 1 is 1.08 bits per heavy atom. The van der Waals surface area contributed by atoms with E-state index < -0.39 is 0 Å². The third-order valence-electron chi connectivity index (χ3n) is 3.69. The molecule has 0 aliphatic rings. The second kappa shape index (κ2) is 9.65. The van der Waals surface area contributed by atoms with E-state index in [9.17, 15) is 4.79 Å². The molecule has 0 saturated carbocycles. The van der Waals surface area contributed by atoms with Gasteiger partial charge >= 0.3 is 0 Å². The zero-order chi connectivity index (χ0) is 17.2. The molecule has 0 fully saturated rings. The smallest absolute Gasteiger partial charge is 0.270 e. The van der Waals surface area contributed by atoms with Crippen LogP contribution in [0.2, 0.25) is 0 Å². The van der Waals surface area contributed by atoms with Gasteiger partial charge in [0.15, 0.2) is 0 Å². The van der Waals surface area contributed by atoms with Crippen LogP contribution in [0.25, 0.3) is 0 Å². The lowest BCUT2D eigenvalue weighted by Crippen LogP contribution is -2.27. The number of carbonyl (C=O) groups is 1. The van der Waals surface area contributed by atoms with Gasteiger partial charge < -0.3 is 10.6 Å². The minimum absolute atomic E-state index is 0.159. The molecule has 0 atom stereocenters. The van der Waals surface area contributed by atoms with Crippen LogP contribution in [-0.2, 0) is 6.42 Å². The molecule has 0 aliphatic heterocycles. The SMILES string of the molecule is CCCCCNc1nc(C)cc(C(=O)NCCc2ccccc2)n1. The summed E-state index contributed by atoms with van der Waals surface area (Å²) in [7, 11) is 0. The molecule has 24 heavy (non-hydrogen) atoms. The molecule has 1 heterocycles. The molecule has 0 spiro atoms. The predicted molar refractivity (Wildman–Crippen MR) is 97.3 cm³/mol. The van der Waals surface area contributed by atoms with E-state index in [0.717, 1.165) is 25.1 Å². The number of anilines is 1. The first-order chi connectivity index (χ1) is 11.7. The number of hydrogen-bond donors (Lipinski definition) is 2. The van der Waals surface area contributed by atoms with E-state index in [1.165, 1.54) is 18.4 Å². The standard InChI is InChI=1S/C19H26N4O/c1-3-4-8-12-21-19-22-15(2)14-17(23-19)18(24)20-13-11-16-9-6-5-7-10-16/h5-7,9-10,14H,3-4,8,11-13H2,1-2H3,(H,20,24)(H,21,22,23). The van der Waals surface area contributed by atoms with Gasteiger partial charge in [0, 0.05) is 18.8 Å². The average molecular weight is 326 g/mol. The minimum atomic E-state index is -0.159. The maximum Gasteiger partial charge on any atom is 0.270 e. The summed E-state index contributed by atoms with van der Waals surface area (Å²) < 4.78 is 0. The minimum Gasteiger partial charge on any atom is -0.354 e. The van der Waals surface area contributed by atoms with Gasteiger partial charge in [-0.15, -0.1) is 0 Å². The molecular formula is C19H26N4O.